The van der Waals surface area contributed by atoms with Crippen molar-refractivity contribution in [2.75, 3.05) is 52.4 Å². The molecule has 2 fully saturated rings. The molecule has 2 saturated heterocycles. The number of hydrogen-bond acceptors (Lipinski definition) is 5. The van der Waals surface area contributed by atoms with Crippen molar-refractivity contribution in [3.8, 4) is 16.9 Å². The molecule has 0 bridgehead atoms. The summed E-state index contributed by atoms with van der Waals surface area (Å²) in [7, 11) is 0. The summed E-state index contributed by atoms with van der Waals surface area (Å²) in [5, 5.41) is 12.6. The van der Waals surface area contributed by atoms with Crippen LogP contribution in [0.1, 0.15) is 20.7 Å². The molecule has 6 rings (SSSR count). The number of piperazine rings is 2. The van der Waals surface area contributed by atoms with Crippen LogP contribution in [0.15, 0.2) is 72.8 Å². The molecule has 0 atom stereocenters. The summed E-state index contributed by atoms with van der Waals surface area (Å²) >= 11 is 0. The lowest BCUT2D eigenvalue weighted by Crippen LogP contribution is -2.46. The van der Waals surface area contributed by atoms with Crippen molar-refractivity contribution in [2.24, 2.45) is 0 Å². The first kappa shape index (κ1) is 23.4. The lowest BCUT2D eigenvalue weighted by molar-refractivity contribution is 0.0728. The Labute approximate surface area is 215 Å². The summed E-state index contributed by atoms with van der Waals surface area (Å²) in [6.07, 6.45) is 0. The molecule has 4 aromatic rings. The Kier molecular flexibility index (Phi) is 6.42. The van der Waals surface area contributed by atoms with Gasteiger partial charge in [0.1, 0.15) is 5.69 Å². The van der Waals surface area contributed by atoms with Gasteiger partial charge in [0.15, 0.2) is 0 Å². The fourth-order valence-corrected chi connectivity index (χ4v) is 5.09. The molecule has 2 N–H and O–H groups in total. The minimum atomic E-state index is 0.0644. The Morgan fingerprint density at radius 2 is 1.16 bits per heavy atom. The number of nitrogens with zero attached hydrogens (tertiary/aromatic N) is 4. The highest BCUT2D eigenvalue weighted by atomic mass is 16.2. The molecule has 2 aliphatic heterocycles. The summed E-state index contributed by atoms with van der Waals surface area (Å²) in [5.41, 5.74) is 5.07. The van der Waals surface area contributed by atoms with E-state index in [1.54, 1.807) is 0 Å². The number of para-hydroxylation sites is 1. The van der Waals surface area contributed by atoms with Crippen LogP contribution < -0.4 is 10.6 Å². The van der Waals surface area contributed by atoms with E-state index in [1.165, 1.54) is 0 Å². The number of aromatic nitrogens is 2. The Hall–Kier alpha value is -4.01. The van der Waals surface area contributed by atoms with Crippen LogP contribution >= 0.6 is 0 Å². The number of hydrogen-bond donors (Lipinski definition) is 2. The zero-order valence-corrected chi connectivity index (χ0v) is 20.7. The molecule has 0 spiro atoms. The van der Waals surface area contributed by atoms with Crippen LogP contribution in [-0.2, 0) is 0 Å². The van der Waals surface area contributed by atoms with Crippen LogP contribution in [0.5, 0.6) is 0 Å². The van der Waals surface area contributed by atoms with Crippen LogP contribution in [-0.4, -0.2) is 83.8 Å². The van der Waals surface area contributed by atoms with Gasteiger partial charge < -0.3 is 20.4 Å². The van der Waals surface area contributed by atoms with E-state index in [9.17, 15) is 9.59 Å². The van der Waals surface area contributed by atoms with Gasteiger partial charge in [-0.25, -0.2) is 4.68 Å². The van der Waals surface area contributed by atoms with Crippen molar-refractivity contribution in [3.63, 3.8) is 0 Å². The second-order valence-corrected chi connectivity index (χ2v) is 9.49. The third-order valence-corrected chi connectivity index (χ3v) is 7.16. The van der Waals surface area contributed by atoms with E-state index in [-0.39, 0.29) is 11.8 Å². The number of fused-ring (bicyclic) bond motifs is 1. The number of carbonyl (C=O) groups is 2. The van der Waals surface area contributed by atoms with Crippen LogP contribution in [0.25, 0.3) is 27.8 Å². The van der Waals surface area contributed by atoms with E-state index in [4.69, 9.17) is 5.10 Å². The number of benzene rings is 3. The average Bonchev–Trinajstić information content (AvgIpc) is 3.37. The molecule has 37 heavy (non-hydrogen) atoms. The standard InChI is InChI=1S/C29H30N6O2/c36-28(33-17-13-30-14-18-33)22-7-5-21(6-8-22)27-25-3-1-2-4-26(25)35(32-27)24-11-9-23(10-12-24)29(37)34-19-15-31-16-20-34/h1-12,30-31H,13-20H2. The highest BCUT2D eigenvalue weighted by Gasteiger charge is 2.20. The molecule has 0 unspecified atom stereocenters. The second kappa shape index (κ2) is 10.2. The summed E-state index contributed by atoms with van der Waals surface area (Å²) < 4.78 is 1.92. The van der Waals surface area contributed by atoms with Gasteiger partial charge in [-0.1, -0.05) is 30.3 Å². The molecular weight excluding hydrogens is 464 g/mol. The third-order valence-electron chi connectivity index (χ3n) is 7.16. The SMILES string of the molecule is O=C(c1ccc(-c2nn(-c3ccc(C(=O)N4CCNCC4)cc3)c3ccccc23)cc1)N1CCNCC1. The van der Waals surface area contributed by atoms with Gasteiger partial charge in [0.25, 0.3) is 11.8 Å². The average molecular weight is 495 g/mol. The van der Waals surface area contributed by atoms with Gasteiger partial charge in [-0.05, 0) is 42.5 Å². The maximum absolute atomic E-state index is 12.9. The van der Waals surface area contributed by atoms with Gasteiger partial charge in [-0.15, -0.1) is 0 Å². The van der Waals surface area contributed by atoms with Crippen LogP contribution in [0.2, 0.25) is 0 Å². The third kappa shape index (κ3) is 4.61. The molecule has 3 heterocycles. The van der Waals surface area contributed by atoms with E-state index in [1.807, 2.05) is 81.2 Å². The van der Waals surface area contributed by atoms with Crippen LogP contribution in [0.4, 0.5) is 0 Å². The summed E-state index contributed by atoms with van der Waals surface area (Å²) in [6, 6.07) is 23.5. The Balaban J connectivity index is 1.28. The zero-order chi connectivity index (χ0) is 25.2. The predicted molar refractivity (Wildman–Crippen MR) is 144 cm³/mol. The monoisotopic (exact) mass is 494 g/mol. The summed E-state index contributed by atoms with van der Waals surface area (Å²) in [6.45, 7) is 6.25. The summed E-state index contributed by atoms with van der Waals surface area (Å²) in [4.78, 5) is 29.5. The van der Waals surface area contributed by atoms with Crippen LogP contribution in [0, 0.1) is 0 Å². The number of amides is 2. The van der Waals surface area contributed by atoms with Crippen molar-refractivity contribution >= 4 is 22.7 Å². The van der Waals surface area contributed by atoms with Gasteiger partial charge in [-0.3, -0.25) is 9.59 Å². The topological polar surface area (TPSA) is 82.5 Å². The highest BCUT2D eigenvalue weighted by molar-refractivity contribution is 5.97. The molecule has 0 radical (unpaired) electrons. The van der Waals surface area contributed by atoms with E-state index in [0.717, 1.165) is 80.2 Å². The largest absolute Gasteiger partial charge is 0.336 e. The second-order valence-electron chi connectivity index (χ2n) is 9.49. The molecule has 188 valence electrons. The molecule has 8 nitrogen and oxygen atoms in total. The highest BCUT2D eigenvalue weighted by Crippen LogP contribution is 2.30. The van der Waals surface area contributed by atoms with Crippen molar-refractivity contribution in [1.82, 2.24) is 30.2 Å². The van der Waals surface area contributed by atoms with E-state index >= 15 is 0 Å². The minimum Gasteiger partial charge on any atom is -0.336 e. The Morgan fingerprint density at radius 3 is 1.73 bits per heavy atom. The predicted octanol–water partition coefficient (Wildman–Crippen LogP) is 2.78. The smallest absolute Gasteiger partial charge is 0.253 e. The van der Waals surface area contributed by atoms with Gasteiger partial charge in [0.05, 0.1) is 11.2 Å². The maximum atomic E-state index is 12.9. The maximum Gasteiger partial charge on any atom is 0.253 e. The van der Waals surface area contributed by atoms with E-state index < -0.39 is 0 Å². The first-order chi connectivity index (χ1) is 18.2. The quantitative estimate of drug-likeness (QED) is 0.456. The van der Waals surface area contributed by atoms with Crippen molar-refractivity contribution < 1.29 is 9.59 Å². The lowest BCUT2D eigenvalue weighted by Gasteiger charge is -2.27. The molecule has 2 amide bonds. The van der Waals surface area contributed by atoms with E-state index in [2.05, 4.69) is 16.7 Å². The Bertz CT molecular complexity index is 1310. The van der Waals surface area contributed by atoms with Gasteiger partial charge in [0, 0.05) is 74.4 Å². The van der Waals surface area contributed by atoms with Crippen molar-refractivity contribution in [3.05, 3.63) is 83.9 Å². The molecule has 3 aromatic carbocycles. The fraction of sp³-hybridized carbons (Fsp3) is 0.276. The van der Waals surface area contributed by atoms with Gasteiger partial charge in [0.2, 0.25) is 0 Å². The molecular formula is C29H30N6O2. The van der Waals surface area contributed by atoms with Crippen molar-refractivity contribution in [2.45, 2.75) is 0 Å². The van der Waals surface area contributed by atoms with Gasteiger partial charge >= 0.3 is 0 Å². The minimum absolute atomic E-state index is 0.0644. The molecule has 0 saturated carbocycles. The Morgan fingerprint density at radius 1 is 0.649 bits per heavy atom. The normalized spacial score (nSPS) is 16.2. The number of nitrogens with one attached hydrogen (secondary N) is 2. The molecule has 2 aliphatic rings. The molecule has 8 heteroatoms. The van der Waals surface area contributed by atoms with E-state index in [0.29, 0.717) is 11.1 Å². The fourth-order valence-electron chi connectivity index (χ4n) is 5.09. The summed E-state index contributed by atoms with van der Waals surface area (Å²) in [5.74, 6) is 0.133. The lowest BCUT2D eigenvalue weighted by atomic mass is 10.1. The first-order valence-corrected chi connectivity index (χ1v) is 12.9. The first-order valence-electron chi connectivity index (χ1n) is 12.9. The number of rotatable bonds is 4. The number of carbonyl (C=O) groups excluding carboxylic acids is 2. The van der Waals surface area contributed by atoms with Crippen molar-refractivity contribution in [1.29, 1.82) is 0 Å². The zero-order valence-electron chi connectivity index (χ0n) is 20.7. The van der Waals surface area contributed by atoms with Crippen LogP contribution in [0.3, 0.4) is 0 Å². The molecule has 0 aliphatic carbocycles. The molecule has 1 aromatic heterocycles. The van der Waals surface area contributed by atoms with Gasteiger partial charge in [-0.2, -0.15) is 5.10 Å².